The molecule has 2 atom stereocenters. The second-order valence-corrected chi connectivity index (χ2v) is 6.20. The summed E-state index contributed by atoms with van der Waals surface area (Å²) in [6.07, 6.45) is 2.84. The minimum atomic E-state index is 0.148. The van der Waals surface area contributed by atoms with Gasteiger partial charge in [-0.1, -0.05) is 34.1 Å². The molecule has 0 aliphatic carbocycles. The maximum atomic E-state index is 12.2. The minimum Gasteiger partial charge on any atom is -0.342 e. The smallest absolute Gasteiger partial charge is 0.222 e. The van der Waals surface area contributed by atoms with E-state index in [0.717, 1.165) is 25.9 Å². The molecular weight excluding hydrogens is 212 g/mol. The van der Waals surface area contributed by atoms with Gasteiger partial charge < -0.3 is 10.6 Å². The van der Waals surface area contributed by atoms with Gasteiger partial charge >= 0.3 is 0 Å². The van der Waals surface area contributed by atoms with Crippen molar-refractivity contribution in [3.05, 3.63) is 0 Å². The summed E-state index contributed by atoms with van der Waals surface area (Å²) in [5.74, 6) is 1.43. The van der Waals surface area contributed by atoms with Crippen LogP contribution in [0.1, 0.15) is 47.0 Å². The maximum Gasteiger partial charge on any atom is 0.222 e. The SMILES string of the molecule is CCC(CC(=O)N1CCC(C)(CN)C1)C(C)C. The van der Waals surface area contributed by atoms with Crippen molar-refractivity contribution in [2.45, 2.75) is 47.0 Å². The van der Waals surface area contributed by atoms with Gasteiger partial charge in [-0.2, -0.15) is 0 Å². The molecule has 0 radical (unpaired) electrons. The standard InChI is InChI=1S/C14H28N2O/c1-5-12(11(2)3)8-13(17)16-7-6-14(4,9-15)10-16/h11-12H,5-10,15H2,1-4H3. The Hall–Kier alpha value is -0.570. The summed E-state index contributed by atoms with van der Waals surface area (Å²) in [7, 11) is 0. The van der Waals surface area contributed by atoms with E-state index in [1.54, 1.807) is 0 Å². The largest absolute Gasteiger partial charge is 0.342 e. The van der Waals surface area contributed by atoms with E-state index in [1.165, 1.54) is 0 Å². The van der Waals surface area contributed by atoms with Gasteiger partial charge in [0, 0.05) is 19.5 Å². The maximum absolute atomic E-state index is 12.2. The van der Waals surface area contributed by atoms with Crippen LogP contribution in [0.15, 0.2) is 0 Å². The summed E-state index contributed by atoms with van der Waals surface area (Å²) in [6.45, 7) is 11.2. The second kappa shape index (κ2) is 5.85. The van der Waals surface area contributed by atoms with Crippen LogP contribution < -0.4 is 5.73 Å². The van der Waals surface area contributed by atoms with E-state index in [-0.39, 0.29) is 5.41 Å². The molecule has 2 N–H and O–H groups in total. The predicted molar refractivity (Wildman–Crippen MR) is 71.6 cm³/mol. The lowest BCUT2D eigenvalue weighted by atomic mass is 9.89. The van der Waals surface area contributed by atoms with Gasteiger partial charge in [0.1, 0.15) is 0 Å². The molecule has 0 spiro atoms. The van der Waals surface area contributed by atoms with Crippen LogP contribution in [0, 0.1) is 17.3 Å². The Bertz CT molecular complexity index is 265. The zero-order valence-corrected chi connectivity index (χ0v) is 11.8. The molecule has 1 saturated heterocycles. The van der Waals surface area contributed by atoms with Crippen LogP contribution in [-0.2, 0) is 4.79 Å². The van der Waals surface area contributed by atoms with E-state index in [9.17, 15) is 4.79 Å². The molecule has 1 aliphatic heterocycles. The Kier molecular flexibility index (Phi) is 4.99. The van der Waals surface area contributed by atoms with E-state index in [1.807, 2.05) is 4.90 Å². The molecule has 1 fully saturated rings. The van der Waals surface area contributed by atoms with Crippen molar-refractivity contribution in [3.63, 3.8) is 0 Å². The molecule has 0 aromatic heterocycles. The number of likely N-dealkylation sites (tertiary alicyclic amines) is 1. The Labute approximate surface area is 106 Å². The van der Waals surface area contributed by atoms with Crippen LogP contribution in [0.2, 0.25) is 0 Å². The summed E-state index contributed by atoms with van der Waals surface area (Å²) in [5, 5.41) is 0. The number of hydrogen-bond acceptors (Lipinski definition) is 2. The van der Waals surface area contributed by atoms with Crippen LogP contribution >= 0.6 is 0 Å². The zero-order chi connectivity index (χ0) is 13.1. The normalized spacial score (nSPS) is 26.6. The number of carbonyl (C=O) groups excluding carboxylic acids is 1. The second-order valence-electron chi connectivity index (χ2n) is 6.20. The number of rotatable bonds is 5. The Morgan fingerprint density at radius 2 is 2.12 bits per heavy atom. The lowest BCUT2D eigenvalue weighted by molar-refractivity contribution is -0.131. The molecule has 1 amide bonds. The molecule has 2 unspecified atom stereocenters. The summed E-state index contributed by atoms with van der Waals surface area (Å²) in [6, 6.07) is 0. The first-order valence-corrected chi connectivity index (χ1v) is 6.89. The van der Waals surface area contributed by atoms with Gasteiger partial charge in [0.15, 0.2) is 0 Å². The average molecular weight is 240 g/mol. The third-order valence-corrected chi connectivity index (χ3v) is 4.31. The summed E-state index contributed by atoms with van der Waals surface area (Å²) >= 11 is 0. The molecule has 100 valence electrons. The highest BCUT2D eigenvalue weighted by Gasteiger charge is 2.35. The highest BCUT2D eigenvalue weighted by Crippen LogP contribution is 2.30. The third-order valence-electron chi connectivity index (χ3n) is 4.31. The van der Waals surface area contributed by atoms with Crippen LogP contribution in [-0.4, -0.2) is 30.4 Å². The van der Waals surface area contributed by atoms with Crippen molar-refractivity contribution in [1.82, 2.24) is 4.90 Å². The van der Waals surface area contributed by atoms with Crippen molar-refractivity contribution in [2.75, 3.05) is 19.6 Å². The topological polar surface area (TPSA) is 46.3 Å². The first-order chi connectivity index (χ1) is 7.91. The van der Waals surface area contributed by atoms with Gasteiger partial charge in [-0.05, 0) is 30.2 Å². The fourth-order valence-corrected chi connectivity index (χ4v) is 2.61. The fourth-order valence-electron chi connectivity index (χ4n) is 2.61. The number of hydrogen-bond donors (Lipinski definition) is 1. The first-order valence-electron chi connectivity index (χ1n) is 6.89. The highest BCUT2D eigenvalue weighted by atomic mass is 16.2. The van der Waals surface area contributed by atoms with Gasteiger partial charge in [0.2, 0.25) is 5.91 Å². The molecule has 1 rings (SSSR count). The number of amides is 1. The van der Waals surface area contributed by atoms with Gasteiger partial charge in [-0.15, -0.1) is 0 Å². The third kappa shape index (κ3) is 3.70. The Morgan fingerprint density at radius 3 is 2.53 bits per heavy atom. The van der Waals surface area contributed by atoms with Gasteiger partial charge in [-0.25, -0.2) is 0 Å². The number of nitrogens with zero attached hydrogens (tertiary/aromatic N) is 1. The summed E-state index contributed by atoms with van der Waals surface area (Å²) in [4.78, 5) is 14.2. The average Bonchev–Trinajstić information content (AvgIpc) is 2.69. The highest BCUT2D eigenvalue weighted by molar-refractivity contribution is 5.76. The van der Waals surface area contributed by atoms with Crippen molar-refractivity contribution in [3.8, 4) is 0 Å². The van der Waals surface area contributed by atoms with E-state index >= 15 is 0 Å². The molecule has 0 aromatic rings. The van der Waals surface area contributed by atoms with Crippen LogP contribution in [0.25, 0.3) is 0 Å². The fraction of sp³-hybridized carbons (Fsp3) is 0.929. The van der Waals surface area contributed by atoms with Crippen molar-refractivity contribution in [2.24, 2.45) is 23.0 Å². The monoisotopic (exact) mass is 240 g/mol. The van der Waals surface area contributed by atoms with Crippen LogP contribution in [0.4, 0.5) is 0 Å². The number of nitrogens with two attached hydrogens (primary N) is 1. The van der Waals surface area contributed by atoms with Crippen LogP contribution in [0.3, 0.4) is 0 Å². The zero-order valence-electron chi connectivity index (χ0n) is 11.8. The van der Waals surface area contributed by atoms with E-state index in [2.05, 4.69) is 27.7 Å². The summed E-state index contributed by atoms with van der Waals surface area (Å²) in [5.41, 5.74) is 5.92. The molecular formula is C14H28N2O. The molecule has 0 aromatic carbocycles. The van der Waals surface area contributed by atoms with E-state index in [4.69, 9.17) is 5.73 Å². The number of carbonyl (C=O) groups is 1. The minimum absolute atomic E-state index is 0.148. The van der Waals surface area contributed by atoms with Crippen molar-refractivity contribution in [1.29, 1.82) is 0 Å². The van der Waals surface area contributed by atoms with Gasteiger partial charge in [-0.3, -0.25) is 4.79 Å². The van der Waals surface area contributed by atoms with Gasteiger partial charge in [0.05, 0.1) is 0 Å². The first kappa shape index (κ1) is 14.5. The molecule has 17 heavy (non-hydrogen) atoms. The lowest BCUT2D eigenvalue weighted by Gasteiger charge is -2.25. The molecule has 0 saturated carbocycles. The van der Waals surface area contributed by atoms with Gasteiger partial charge in [0.25, 0.3) is 0 Å². The summed E-state index contributed by atoms with van der Waals surface area (Å²) < 4.78 is 0. The lowest BCUT2D eigenvalue weighted by Crippen LogP contribution is -2.35. The predicted octanol–water partition coefficient (Wildman–Crippen LogP) is 2.26. The van der Waals surface area contributed by atoms with Crippen molar-refractivity contribution < 1.29 is 4.79 Å². The van der Waals surface area contributed by atoms with Crippen LogP contribution in [0.5, 0.6) is 0 Å². The Morgan fingerprint density at radius 1 is 1.47 bits per heavy atom. The quantitative estimate of drug-likeness (QED) is 0.801. The molecule has 1 heterocycles. The molecule has 3 heteroatoms. The molecule has 3 nitrogen and oxygen atoms in total. The molecule has 0 bridgehead atoms. The molecule has 1 aliphatic rings. The van der Waals surface area contributed by atoms with Crippen molar-refractivity contribution >= 4 is 5.91 Å². The van der Waals surface area contributed by atoms with E-state index < -0.39 is 0 Å². The van der Waals surface area contributed by atoms with E-state index in [0.29, 0.717) is 30.7 Å². The Balaban J connectivity index is 2.49.